The molecule has 0 aromatic carbocycles. The summed E-state index contributed by atoms with van der Waals surface area (Å²) in [6.45, 7) is 6.16. The fraction of sp³-hybridized carbons (Fsp3) is 0.889. The van der Waals surface area contributed by atoms with Gasteiger partial charge in [0.25, 0.3) is 0 Å². The predicted molar refractivity (Wildman–Crippen MR) is 92.4 cm³/mol. The molecule has 0 aliphatic carbocycles. The lowest BCUT2D eigenvalue weighted by Gasteiger charge is -2.21. The summed E-state index contributed by atoms with van der Waals surface area (Å²) in [5.74, 6) is -0.397. The van der Waals surface area contributed by atoms with E-state index >= 15 is 0 Å². The zero-order valence-electron chi connectivity index (χ0n) is 14.8. The molecule has 2 atom stereocenters. The first-order valence-corrected chi connectivity index (χ1v) is 9.11. The number of nitrogens with two attached hydrogens (primary N) is 1. The second-order valence-corrected chi connectivity index (χ2v) is 6.41. The zero-order chi connectivity index (χ0) is 16.8. The summed E-state index contributed by atoms with van der Waals surface area (Å²) in [6, 6.07) is -0.531. The fourth-order valence-electron chi connectivity index (χ4n) is 2.57. The van der Waals surface area contributed by atoms with Crippen molar-refractivity contribution in [2.45, 2.75) is 97.4 Å². The van der Waals surface area contributed by atoms with Crippen LogP contribution in [0.3, 0.4) is 0 Å². The summed E-state index contributed by atoms with van der Waals surface area (Å²) in [6.07, 6.45) is 12.4. The minimum Gasteiger partial charge on any atom is -0.368 e. The number of hydrogen-bond donors (Lipinski definition) is 2. The maximum absolute atomic E-state index is 11.9. The number of carbonyl (C=O) groups is 2. The minimum absolute atomic E-state index is 0.0490. The van der Waals surface area contributed by atoms with E-state index in [1.807, 2.05) is 13.8 Å². The number of unbranched alkanes of at least 4 members (excludes halogenated alkanes) is 8. The lowest BCUT2D eigenvalue weighted by atomic mass is 9.98. The van der Waals surface area contributed by atoms with Gasteiger partial charge in [0.1, 0.15) is 6.04 Å². The quantitative estimate of drug-likeness (QED) is 0.477. The lowest BCUT2D eigenvalue weighted by molar-refractivity contribution is -0.128. The number of amides is 2. The number of carbonyl (C=O) groups excluding carboxylic acids is 2. The summed E-state index contributed by atoms with van der Waals surface area (Å²) in [5.41, 5.74) is 5.35. The molecular formula is C18H36N2O2. The van der Waals surface area contributed by atoms with Gasteiger partial charge in [0.15, 0.2) is 0 Å². The van der Waals surface area contributed by atoms with E-state index in [0.29, 0.717) is 6.42 Å². The molecule has 0 rings (SSSR count). The van der Waals surface area contributed by atoms with Crippen molar-refractivity contribution in [1.29, 1.82) is 0 Å². The highest BCUT2D eigenvalue weighted by Gasteiger charge is 2.23. The molecule has 22 heavy (non-hydrogen) atoms. The van der Waals surface area contributed by atoms with Gasteiger partial charge in [0.2, 0.25) is 11.8 Å². The smallest absolute Gasteiger partial charge is 0.240 e. The number of hydrogen-bond acceptors (Lipinski definition) is 2. The van der Waals surface area contributed by atoms with Crippen LogP contribution in [0, 0.1) is 5.92 Å². The Morgan fingerprint density at radius 1 is 0.909 bits per heavy atom. The van der Waals surface area contributed by atoms with Crippen LogP contribution >= 0.6 is 0 Å². The van der Waals surface area contributed by atoms with Crippen LogP contribution in [0.15, 0.2) is 0 Å². The summed E-state index contributed by atoms with van der Waals surface area (Å²) in [4.78, 5) is 23.2. The third-order valence-corrected chi connectivity index (χ3v) is 4.34. The molecule has 0 aromatic rings. The second-order valence-electron chi connectivity index (χ2n) is 6.41. The molecule has 0 fully saturated rings. The molecule has 0 heterocycles. The minimum atomic E-state index is -0.531. The van der Waals surface area contributed by atoms with Crippen molar-refractivity contribution >= 4 is 11.8 Å². The molecule has 4 nitrogen and oxygen atoms in total. The van der Waals surface area contributed by atoms with Gasteiger partial charge >= 0.3 is 0 Å². The number of nitrogens with one attached hydrogen (secondary N) is 1. The van der Waals surface area contributed by atoms with Crippen molar-refractivity contribution < 1.29 is 9.59 Å². The summed E-state index contributed by atoms with van der Waals surface area (Å²) < 4.78 is 0. The van der Waals surface area contributed by atoms with Crippen LogP contribution in [0.5, 0.6) is 0 Å². The van der Waals surface area contributed by atoms with Gasteiger partial charge in [-0.3, -0.25) is 9.59 Å². The standard InChI is InChI=1S/C18H36N2O2/c1-4-6-7-8-9-10-11-12-13-14-16(21)20-17(18(19)22)15(3)5-2/h15,17H,4-14H2,1-3H3,(H2,19,22)(H,20,21)/t15-,17-/m0/s1. The SMILES string of the molecule is CCCCCCCCCCCC(=O)N[C@H](C(N)=O)[C@@H](C)CC. The monoisotopic (exact) mass is 312 g/mol. The Morgan fingerprint density at radius 2 is 1.41 bits per heavy atom. The Labute approximate surface area is 136 Å². The molecular weight excluding hydrogens is 276 g/mol. The van der Waals surface area contributed by atoms with Crippen LogP contribution in [0.1, 0.15) is 91.4 Å². The van der Waals surface area contributed by atoms with Gasteiger partial charge in [-0.2, -0.15) is 0 Å². The molecule has 0 spiro atoms. The van der Waals surface area contributed by atoms with E-state index in [4.69, 9.17) is 5.73 Å². The Bertz CT molecular complexity index is 305. The van der Waals surface area contributed by atoms with E-state index < -0.39 is 11.9 Å². The van der Waals surface area contributed by atoms with Crippen molar-refractivity contribution in [3.63, 3.8) is 0 Å². The van der Waals surface area contributed by atoms with Gasteiger partial charge in [0, 0.05) is 6.42 Å². The van der Waals surface area contributed by atoms with Crippen molar-refractivity contribution in [3.05, 3.63) is 0 Å². The molecule has 130 valence electrons. The highest BCUT2D eigenvalue weighted by atomic mass is 16.2. The Morgan fingerprint density at radius 3 is 1.86 bits per heavy atom. The van der Waals surface area contributed by atoms with Crippen LogP contribution in [-0.4, -0.2) is 17.9 Å². The molecule has 0 aromatic heterocycles. The molecule has 0 saturated carbocycles. The first kappa shape index (κ1) is 20.9. The zero-order valence-corrected chi connectivity index (χ0v) is 14.8. The van der Waals surface area contributed by atoms with Crippen molar-refractivity contribution in [3.8, 4) is 0 Å². The van der Waals surface area contributed by atoms with Crippen molar-refractivity contribution in [2.24, 2.45) is 11.7 Å². The summed E-state index contributed by atoms with van der Waals surface area (Å²) in [5, 5.41) is 2.78. The van der Waals surface area contributed by atoms with Gasteiger partial charge in [-0.1, -0.05) is 78.6 Å². The lowest BCUT2D eigenvalue weighted by Crippen LogP contribution is -2.48. The van der Waals surface area contributed by atoms with E-state index in [-0.39, 0.29) is 11.8 Å². The number of primary amides is 1. The summed E-state index contributed by atoms with van der Waals surface area (Å²) in [7, 11) is 0. The normalized spacial score (nSPS) is 13.6. The Hall–Kier alpha value is -1.06. The average Bonchev–Trinajstić information content (AvgIpc) is 2.50. The van der Waals surface area contributed by atoms with E-state index in [9.17, 15) is 9.59 Å². The maximum atomic E-state index is 11.9. The van der Waals surface area contributed by atoms with E-state index in [2.05, 4.69) is 12.2 Å². The third-order valence-electron chi connectivity index (χ3n) is 4.34. The van der Waals surface area contributed by atoms with Gasteiger partial charge in [-0.25, -0.2) is 0 Å². The summed E-state index contributed by atoms with van der Waals surface area (Å²) >= 11 is 0. The van der Waals surface area contributed by atoms with Crippen LogP contribution in [0.2, 0.25) is 0 Å². The van der Waals surface area contributed by atoms with Crippen LogP contribution in [0.4, 0.5) is 0 Å². The molecule has 2 amide bonds. The molecule has 3 N–H and O–H groups in total. The van der Waals surface area contributed by atoms with Crippen molar-refractivity contribution in [2.75, 3.05) is 0 Å². The molecule has 4 heteroatoms. The average molecular weight is 312 g/mol. The van der Waals surface area contributed by atoms with Gasteiger partial charge < -0.3 is 11.1 Å². The topological polar surface area (TPSA) is 72.2 Å². The molecule has 0 bridgehead atoms. The fourth-order valence-corrected chi connectivity index (χ4v) is 2.57. The van der Waals surface area contributed by atoms with Crippen LogP contribution < -0.4 is 11.1 Å². The van der Waals surface area contributed by atoms with Crippen LogP contribution in [-0.2, 0) is 9.59 Å². The molecule has 0 unspecified atom stereocenters. The molecule has 0 radical (unpaired) electrons. The maximum Gasteiger partial charge on any atom is 0.240 e. The van der Waals surface area contributed by atoms with E-state index in [1.165, 1.54) is 44.9 Å². The van der Waals surface area contributed by atoms with E-state index in [0.717, 1.165) is 19.3 Å². The third kappa shape index (κ3) is 10.6. The van der Waals surface area contributed by atoms with Gasteiger partial charge in [0.05, 0.1) is 0 Å². The predicted octanol–water partition coefficient (Wildman–Crippen LogP) is 3.92. The second kappa shape index (κ2) is 13.6. The Kier molecular flexibility index (Phi) is 12.9. The number of rotatable bonds is 14. The molecule has 0 aliphatic rings. The largest absolute Gasteiger partial charge is 0.368 e. The molecule has 0 saturated heterocycles. The highest BCUT2D eigenvalue weighted by Crippen LogP contribution is 2.11. The highest BCUT2D eigenvalue weighted by molar-refractivity contribution is 5.86. The first-order valence-electron chi connectivity index (χ1n) is 9.11. The van der Waals surface area contributed by atoms with Gasteiger partial charge in [-0.15, -0.1) is 0 Å². The molecule has 0 aliphatic heterocycles. The first-order chi connectivity index (χ1) is 10.5. The van der Waals surface area contributed by atoms with E-state index in [1.54, 1.807) is 0 Å². The van der Waals surface area contributed by atoms with Crippen molar-refractivity contribution in [1.82, 2.24) is 5.32 Å². The van der Waals surface area contributed by atoms with Gasteiger partial charge in [-0.05, 0) is 12.3 Å². The van der Waals surface area contributed by atoms with Crippen LogP contribution in [0.25, 0.3) is 0 Å². The Balaban J connectivity index is 3.66.